The summed E-state index contributed by atoms with van der Waals surface area (Å²) in [6.07, 6.45) is -0.0572. The Hall–Kier alpha value is -2.67. The molecule has 6 nitrogen and oxygen atoms in total. The third-order valence-electron chi connectivity index (χ3n) is 4.40. The molecule has 0 fully saturated rings. The van der Waals surface area contributed by atoms with Crippen molar-refractivity contribution in [3.05, 3.63) is 64.1 Å². The number of imide groups is 1. The molecule has 0 saturated carbocycles. The van der Waals surface area contributed by atoms with E-state index in [-0.39, 0.29) is 18.4 Å². The number of amides is 3. The SMILES string of the molecule is CC(C)(C)OC(=O)N(CCCN1C(=O)c2ccccc2C1=O)c1ccccc1Br. The lowest BCUT2D eigenvalue weighted by Gasteiger charge is -2.28. The molecule has 2 aromatic rings. The predicted molar refractivity (Wildman–Crippen MR) is 114 cm³/mol. The first-order valence-corrected chi connectivity index (χ1v) is 10.2. The molecule has 7 heteroatoms. The van der Waals surface area contributed by atoms with Crippen molar-refractivity contribution in [1.29, 1.82) is 0 Å². The number of rotatable bonds is 5. The largest absolute Gasteiger partial charge is 0.443 e. The van der Waals surface area contributed by atoms with Crippen molar-refractivity contribution < 1.29 is 19.1 Å². The molecule has 0 bridgehead atoms. The molecular weight excluding hydrogens is 436 g/mol. The summed E-state index contributed by atoms with van der Waals surface area (Å²) in [6, 6.07) is 14.1. The Kier molecular flexibility index (Phi) is 6.07. The lowest BCUT2D eigenvalue weighted by Crippen LogP contribution is -2.39. The molecule has 0 spiro atoms. The number of fused-ring (bicyclic) bond motifs is 1. The highest BCUT2D eigenvalue weighted by molar-refractivity contribution is 9.10. The molecule has 152 valence electrons. The van der Waals surface area contributed by atoms with Crippen LogP contribution in [0, 0.1) is 0 Å². The van der Waals surface area contributed by atoms with E-state index in [0.717, 1.165) is 4.47 Å². The number of benzene rings is 2. The molecule has 1 heterocycles. The molecule has 1 aliphatic rings. The Bertz CT molecular complexity index is 917. The minimum Gasteiger partial charge on any atom is -0.443 e. The van der Waals surface area contributed by atoms with Crippen LogP contribution in [0.4, 0.5) is 10.5 Å². The van der Waals surface area contributed by atoms with Crippen LogP contribution >= 0.6 is 15.9 Å². The fourth-order valence-electron chi connectivity index (χ4n) is 3.13. The molecule has 3 amide bonds. The number of hydrogen-bond donors (Lipinski definition) is 0. The molecule has 0 atom stereocenters. The van der Waals surface area contributed by atoms with Gasteiger partial charge in [0.1, 0.15) is 5.60 Å². The molecule has 0 unspecified atom stereocenters. The van der Waals surface area contributed by atoms with Crippen molar-refractivity contribution in [3.63, 3.8) is 0 Å². The number of ether oxygens (including phenoxy) is 1. The van der Waals surface area contributed by atoms with Crippen LogP contribution in [0.15, 0.2) is 53.0 Å². The maximum Gasteiger partial charge on any atom is 0.414 e. The van der Waals surface area contributed by atoms with Gasteiger partial charge in [0, 0.05) is 17.6 Å². The molecule has 0 N–H and O–H groups in total. The number of hydrogen-bond acceptors (Lipinski definition) is 4. The summed E-state index contributed by atoms with van der Waals surface area (Å²) in [4.78, 5) is 40.6. The van der Waals surface area contributed by atoms with Crippen LogP contribution in [-0.2, 0) is 4.74 Å². The topological polar surface area (TPSA) is 66.9 Å². The average molecular weight is 459 g/mol. The van der Waals surface area contributed by atoms with E-state index in [2.05, 4.69) is 15.9 Å². The zero-order chi connectivity index (χ0) is 21.2. The molecule has 0 aliphatic carbocycles. The summed E-state index contributed by atoms with van der Waals surface area (Å²) in [6.45, 7) is 5.94. The van der Waals surface area contributed by atoms with Crippen molar-refractivity contribution in [1.82, 2.24) is 4.90 Å². The van der Waals surface area contributed by atoms with Gasteiger partial charge in [0.25, 0.3) is 11.8 Å². The van der Waals surface area contributed by atoms with Gasteiger partial charge in [-0.25, -0.2) is 4.79 Å². The Morgan fingerprint density at radius 1 is 1.00 bits per heavy atom. The highest BCUT2D eigenvalue weighted by Crippen LogP contribution is 2.28. The lowest BCUT2D eigenvalue weighted by atomic mass is 10.1. The van der Waals surface area contributed by atoms with E-state index < -0.39 is 11.7 Å². The van der Waals surface area contributed by atoms with Crippen molar-refractivity contribution in [2.75, 3.05) is 18.0 Å². The smallest absolute Gasteiger partial charge is 0.414 e. The quantitative estimate of drug-likeness (QED) is 0.598. The Balaban J connectivity index is 1.73. The van der Waals surface area contributed by atoms with Crippen molar-refractivity contribution in [2.24, 2.45) is 0 Å². The first-order chi connectivity index (χ1) is 13.7. The summed E-state index contributed by atoms with van der Waals surface area (Å²) in [5.41, 5.74) is 0.878. The zero-order valence-electron chi connectivity index (χ0n) is 16.6. The van der Waals surface area contributed by atoms with E-state index >= 15 is 0 Å². The predicted octanol–water partition coefficient (Wildman–Crippen LogP) is 4.88. The Morgan fingerprint density at radius 2 is 1.55 bits per heavy atom. The highest BCUT2D eigenvalue weighted by Gasteiger charge is 2.35. The maximum atomic E-state index is 12.8. The molecule has 1 aliphatic heterocycles. The van der Waals surface area contributed by atoms with Gasteiger partial charge in [-0.1, -0.05) is 24.3 Å². The first kappa shape index (κ1) is 21.0. The molecule has 0 radical (unpaired) electrons. The van der Waals surface area contributed by atoms with Crippen LogP contribution in [0.1, 0.15) is 47.9 Å². The van der Waals surface area contributed by atoms with E-state index in [1.165, 1.54) is 9.80 Å². The lowest BCUT2D eigenvalue weighted by molar-refractivity contribution is 0.0579. The van der Waals surface area contributed by atoms with Crippen LogP contribution in [0.25, 0.3) is 0 Å². The zero-order valence-corrected chi connectivity index (χ0v) is 18.2. The minimum atomic E-state index is -0.640. The fourth-order valence-corrected chi connectivity index (χ4v) is 3.63. The molecular formula is C22H23BrN2O4. The summed E-state index contributed by atoms with van der Waals surface area (Å²) in [5, 5.41) is 0. The third kappa shape index (κ3) is 4.67. The number of halogens is 1. The number of nitrogens with zero attached hydrogens (tertiary/aromatic N) is 2. The monoisotopic (exact) mass is 458 g/mol. The molecule has 3 rings (SSSR count). The van der Waals surface area contributed by atoms with Crippen LogP contribution in [0.3, 0.4) is 0 Å². The van der Waals surface area contributed by atoms with E-state index in [9.17, 15) is 14.4 Å². The summed E-state index contributed by atoms with van der Waals surface area (Å²) in [7, 11) is 0. The van der Waals surface area contributed by atoms with Crippen LogP contribution < -0.4 is 4.90 Å². The summed E-state index contributed by atoms with van der Waals surface area (Å²) in [5.74, 6) is -0.592. The van der Waals surface area contributed by atoms with E-state index in [0.29, 0.717) is 29.8 Å². The van der Waals surface area contributed by atoms with Gasteiger partial charge in [0.15, 0.2) is 0 Å². The summed E-state index contributed by atoms with van der Waals surface area (Å²) < 4.78 is 6.30. The van der Waals surface area contributed by atoms with E-state index in [4.69, 9.17) is 4.74 Å². The van der Waals surface area contributed by atoms with Gasteiger partial charge in [0.05, 0.1) is 16.8 Å². The first-order valence-electron chi connectivity index (χ1n) is 9.39. The minimum absolute atomic E-state index is 0.218. The van der Waals surface area contributed by atoms with Crippen LogP contribution in [0.5, 0.6) is 0 Å². The van der Waals surface area contributed by atoms with Crippen molar-refractivity contribution >= 4 is 39.5 Å². The second-order valence-electron chi connectivity index (χ2n) is 7.74. The maximum absolute atomic E-state index is 12.8. The molecule has 29 heavy (non-hydrogen) atoms. The van der Waals surface area contributed by atoms with E-state index in [1.54, 1.807) is 24.3 Å². The van der Waals surface area contributed by atoms with Crippen molar-refractivity contribution in [3.8, 4) is 0 Å². The number of para-hydroxylation sites is 1. The van der Waals surface area contributed by atoms with Gasteiger partial charge >= 0.3 is 6.09 Å². The molecule has 2 aromatic carbocycles. The normalized spacial score (nSPS) is 13.4. The average Bonchev–Trinajstić information content (AvgIpc) is 2.89. The highest BCUT2D eigenvalue weighted by atomic mass is 79.9. The molecule has 0 aromatic heterocycles. The second kappa shape index (κ2) is 8.37. The Morgan fingerprint density at radius 3 is 2.10 bits per heavy atom. The molecule has 0 saturated heterocycles. The van der Waals surface area contributed by atoms with Gasteiger partial charge in [-0.3, -0.25) is 19.4 Å². The van der Waals surface area contributed by atoms with Gasteiger partial charge in [-0.15, -0.1) is 0 Å². The van der Waals surface area contributed by atoms with Gasteiger partial charge in [-0.2, -0.15) is 0 Å². The number of carbonyl (C=O) groups is 3. The second-order valence-corrected chi connectivity index (χ2v) is 8.60. The fraction of sp³-hybridized carbons (Fsp3) is 0.318. The summed E-state index contributed by atoms with van der Waals surface area (Å²) >= 11 is 3.47. The van der Waals surface area contributed by atoms with Gasteiger partial charge in [-0.05, 0) is 67.4 Å². The third-order valence-corrected chi connectivity index (χ3v) is 5.07. The number of carbonyl (C=O) groups excluding carboxylic acids is 3. The van der Waals surface area contributed by atoms with E-state index in [1.807, 2.05) is 45.0 Å². The van der Waals surface area contributed by atoms with Gasteiger partial charge in [0.2, 0.25) is 0 Å². The standard InChI is InChI=1S/C22H23BrN2O4/c1-22(2,3)29-21(28)24(18-12-7-6-11-17(18)23)13-8-14-25-19(26)15-9-4-5-10-16(15)20(25)27/h4-7,9-12H,8,13-14H2,1-3H3. The van der Waals surface area contributed by atoms with Gasteiger partial charge < -0.3 is 4.74 Å². The van der Waals surface area contributed by atoms with Crippen LogP contribution in [0.2, 0.25) is 0 Å². The Labute approximate surface area is 178 Å². The number of anilines is 1. The van der Waals surface area contributed by atoms with Crippen LogP contribution in [-0.4, -0.2) is 41.5 Å². The van der Waals surface area contributed by atoms with Crippen molar-refractivity contribution in [2.45, 2.75) is 32.8 Å².